The molecule has 0 N–H and O–H groups in total. The van der Waals surface area contributed by atoms with Gasteiger partial charge >= 0.3 is 0 Å². The predicted octanol–water partition coefficient (Wildman–Crippen LogP) is 3.24. The summed E-state index contributed by atoms with van der Waals surface area (Å²) >= 11 is 1.51. The van der Waals surface area contributed by atoms with Gasteiger partial charge in [0, 0.05) is 37.4 Å². The quantitative estimate of drug-likeness (QED) is 0.390. The number of hydrogen-bond acceptors (Lipinski definition) is 6. The first-order valence-corrected chi connectivity index (χ1v) is 12.0. The van der Waals surface area contributed by atoms with E-state index in [0.717, 1.165) is 11.3 Å². The Kier molecular flexibility index (Phi) is 5.89. The molecule has 0 unspecified atom stereocenters. The van der Waals surface area contributed by atoms with Crippen molar-refractivity contribution in [1.29, 1.82) is 0 Å². The molecule has 0 fully saturated rings. The molecule has 0 saturated carbocycles. The van der Waals surface area contributed by atoms with Crippen LogP contribution in [0, 0.1) is 0 Å². The van der Waals surface area contributed by atoms with E-state index in [-0.39, 0.29) is 4.90 Å². The highest BCUT2D eigenvalue weighted by Crippen LogP contribution is 2.24. The van der Waals surface area contributed by atoms with Crippen LogP contribution in [-0.4, -0.2) is 50.2 Å². The van der Waals surface area contributed by atoms with Gasteiger partial charge in [-0.1, -0.05) is 37.7 Å². The molecule has 10 heteroatoms. The molecule has 30 heavy (non-hydrogen) atoms. The van der Waals surface area contributed by atoms with Crippen LogP contribution in [0.25, 0.3) is 11.3 Å². The number of sulfonamides is 1. The van der Waals surface area contributed by atoms with Gasteiger partial charge in [-0.2, -0.15) is 9.40 Å². The number of nitrogens with zero attached hydrogens (tertiary/aromatic N) is 6. The monoisotopic (exact) mass is 442 g/mol. The molecule has 1 aromatic carbocycles. The first-order valence-electron chi connectivity index (χ1n) is 9.59. The Morgan fingerprint density at radius 3 is 2.47 bits per heavy atom. The van der Waals surface area contributed by atoms with E-state index in [0.29, 0.717) is 29.6 Å². The van der Waals surface area contributed by atoms with Crippen molar-refractivity contribution in [1.82, 2.24) is 28.7 Å². The molecule has 0 aliphatic heterocycles. The van der Waals surface area contributed by atoms with E-state index < -0.39 is 10.0 Å². The summed E-state index contributed by atoms with van der Waals surface area (Å²) in [6, 6.07) is 13.3. The molecule has 0 bridgehead atoms. The highest BCUT2D eigenvalue weighted by atomic mass is 32.2. The van der Waals surface area contributed by atoms with E-state index >= 15 is 0 Å². The van der Waals surface area contributed by atoms with Gasteiger partial charge in [0.2, 0.25) is 10.0 Å². The third-order valence-electron chi connectivity index (χ3n) is 4.76. The van der Waals surface area contributed by atoms with Crippen LogP contribution in [0.15, 0.2) is 71.1 Å². The highest BCUT2D eigenvalue weighted by molar-refractivity contribution is 7.98. The fourth-order valence-corrected chi connectivity index (χ4v) is 5.46. The van der Waals surface area contributed by atoms with E-state index in [1.165, 1.54) is 16.1 Å². The maximum absolute atomic E-state index is 12.8. The van der Waals surface area contributed by atoms with Crippen LogP contribution in [0.1, 0.15) is 19.4 Å². The number of aromatic nitrogens is 5. The Labute approximate surface area is 179 Å². The van der Waals surface area contributed by atoms with Crippen molar-refractivity contribution in [3.63, 3.8) is 0 Å². The van der Waals surface area contributed by atoms with Gasteiger partial charge in [-0.15, -0.1) is 10.2 Å². The summed E-state index contributed by atoms with van der Waals surface area (Å²) < 4.78 is 30.7. The average molecular weight is 443 g/mol. The molecule has 0 radical (unpaired) electrons. The predicted molar refractivity (Wildman–Crippen MR) is 116 cm³/mol. The fraction of sp³-hybridized carbons (Fsp3) is 0.250. The molecular formula is C20H22N6O2S2. The normalized spacial score (nSPS) is 12.1. The van der Waals surface area contributed by atoms with E-state index in [4.69, 9.17) is 0 Å². The largest absolute Gasteiger partial charge is 0.276 e. The van der Waals surface area contributed by atoms with Gasteiger partial charge < -0.3 is 0 Å². The second-order valence-corrected chi connectivity index (χ2v) is 9.45. The van der Waals surface area contributed by atoms with E-state index in [1.807, 2.05) is 50.4 Å². The zero-order valence-corrected chi connectivity index (χ0v) is 18.3. The van der Waals surface area contributed by atoms with Crippen molar-refractivity contribution >= 4 is 27.4 Å². The van der Waals surface area contributed by atoms with E-state index in [1.54, 1.807) is 33.6 Å². The number of rotatable bonds is 8. The minimum atomic E-state index is -3.54. The number of fused-ring (bicyclic) bond motifs is 1. The standard InChI is InChI=1S/C20H22N6O2S2/c1-3-24(4-2)30(27,28)18-10-11-19-22-23-20(25(19)14-18)29-15-16-6-8-17(9-7-16)26-13-5-12-21-26/h5-14H,3-4,15H2,1-2H3. The number of pyridine rings is 1. The topological polar surface area (TPSA) is 85.4 Å². The third kappa shape index (κ3) is 3.98. The van der Waals surface area contributed by atoms with Gasteiger partial charge in [0.15, 0.2) is 10.8 Å². The van der Waals surface area contributed by atoms with Crippen molar-refractivity contribution in [2.24, 2.45) is 0 Å². The maximum atomic E-state index is 12.8. The zero-order valence-electron chi connectivity index (χ0n) is 16.7. The van der Waals surface area contributed by atoms with Crippen LogP contribution in [0.4, 0.5) is 0 Å². The summed E-state index contributed by atoms with van der Waals surface area (Å²) in [5, 5.41) is 13.3. The van der Waals surface area contributed by atoms with Crippen molar-refractivity contribution in [2.45, 2.75) is 29.7 Å². The van der Waals surface area contributed by atoms with Gasteiger partial charge in [-0.3, -0.25) is 4.40 Å². The molecule has 3 aromatic heterocycles. The second kappa shape index (κ2) is 8.58. The van der Waals surface area contributed by atoms with Crippen molar-refractivity contribution in [3.8, 4) is 5.69 Å². The summed E-state index contributed by atoms with van der Waals surface area (Å²) in [7, 11) is -3.54. The lowest BCUT2D eigenvalue weighted by molar-refractivity contribution is 0.445. The van der Waals surface area contributed by atoms with Gasteiger partial charge in [0.05, 0.1) is 10.6 Å². The third-order valence-corrected chi connectivity index (χ3v) is 7.81. The minimum Gasteiger partial charge on any atom is -0.276 e. The fourth-order valence-electron chi connectivity index (χ4n) is 3.13. The van der Waals surface area contributed by atoms with Crippen LogP contribution in [0.5, 0.6) is 0 Å². The van der Waals surface area contributed by atoms with Crippen LogP contribution in [0.3, 0.4) is 0 Å². The molecule has 4 rings (SSSR count). The Hall–Kier alpha value is -2.69. The van der Waals surface area contributed by atoms with Crippen LogP contribution in [-0.2, 0) is 15.8 Å². The molecule has 0 atom stereocenters. The van der Waals surface area contributed by atoms with Gasteiger partial charge in [-0.05, 0) is 35.9 Å². The van der Waals surface area contributed by atoms with Gasteiger partial charge in [0.25, 0.3) is 0 Å². The second-order valence-electron chi connectivity index (χ2n) is 6.57. The summed E-state index contributed by atoms with van der Waals surface area (Å²) in [5.74, 6) is 0.688. The summed E-state index contributed by atoms with van der Waals surface area (Å²) in [4.78, 5) is 0.240. The molecule has 4 aromatic rings. The lowest BCUT2D eigenvalue weighted by Crippen LogP contribution is -2.30. The smallest absolute Gasteiger partial charge is 0.244 e. The van der Waals surface area contributed by atoms with Crippen molar-refractivity contribution in [2.75, 3.05) is 13.1 Å². The Morgan fingerprint density at radius 1 is 1.03 bits per heavy atom. The molecule has 0 aliphatic carbocycles. The summed E-state index contributed by atoms with van der Waals surface area (Å²) in [6.07, 6.45) is 5.25. The van der Waals surface area contributed by atoms with Crippen LogP contribution >= 0.6 is 11.8 Å². The number of thioether (sulfide) groups is 1. The summed E-state index contributed by atoms with van der Waals surface area (Å²) in [6.45, 7) is 4.51. The molecule has 3 heterocycles. The van der Waals surface area contributed by atoms with Crippen LogP contribution in [0.2, 0.25) is 0 Å². The zero-order chi connectivity index (χ0) is 21.1. The van der Waals surface area contributed by atoms with E-state index in [9.17, 15) is 8.42 Å². The molecule has 0 amide bonds. The lowest BCUT2D eigenvalue weighted by atomic mass is 10.2. The van der Waals surface area contributed by atoms with Gasteiger partial charge in [0.1, 0.15) is 0 Å². The lowest BCUT2D eigenvalue weighted by Gasteiger charge is -2.18. The Morgan fingerprint density at radius 2 is 1.80 bits per heavy atom. The molecule has 0 aliphatic rings. The van der Waals surface area contributed by atoms with Crippen molar-refractivity contribution < 1.29 is 8.42 Å². The number of hydrogen-bond donors (Lipinski definition) is 0. The van der Waals surface area contributed by atoms with E-state index in [2.05, 4.69) is 15.3 Å². The first-order chi connectivity index (χ1) is 14.5. The molecule has 0 saturated heterocycles. The van der Waals surface area contributed by atoms with Crippen molar-refractivity contribution in [3.05, 3.63) is 66.6 Å². The average Bonchev–Trinajstić information content (AvgIpc) is 3.43. The molecule has 0 spiro atoms. The maximum Gasteiger partial charge on any atom is 0.244 e. The highest BCUT2D eigenvalue weighted by Gasteiger charge is 2.22. The SMILES string of the molecule is CCN(CC)S(=O)(=O)c1ccc2nnc(SCc3ccc(-n4cccn4)cc3)n2c1. The first kappa shape index (κ1) is 20.6. The number of benzene rings is 1. The molecule has 8 nitrogen and oxygen atoms in total. The Bertz CT molecular complexity index is 1230. The van der Waals surface area contributed by atoms with Crippen LogP contribution < -0.4 is 0 Å². The molecular weight excluding hydrogens is 420 g/mol. The Balaban J connectivity index is 1.55. The molecule has 156 valence electrons. The summed E-state index contributed by atoms with van der Waals surface area (Å²) in [5.41, 5.74) is 2.73. The minimum absolute atomic E-state index is 0.240. The van der Waals surface area contributed by atoms with Gasteiger partial charge in [-0.25, -0.2) is 13.1 Å².